The molecule has 58 heavy (non-hydrogen) atoms. The standard InChI is InChI=1S/C41H54N12O2.CH2O2/c1-27-10-8-9-17-51(27)40-46-45-37-16-13-31(26-52(37)40)55-35-15-14-34(32-11-6-7-12-33(32)35)43-39(54)44-38-21-36(41(2,3)4)47-53(38)30-22-42-50(25-30)19-18-49-24-28-20-29(49)23-48(28)5;2-1-3/h6-7,11-13,16,21-22,25-29,34-35H,8-10,14-15,17-20,23-24H2,1-5H3,(H2,43,44,54);1H,(H,2,3). The second kappa shape index (κ2) is 16.4. The topological polar surface area (TPSA) is 163 Å². The van der Waals surface area contributed by atoms with Crippen molar-refractivity contribution in [3.8, 4) is 11.4 Å². The van der Waals surface area contributed by atoms with Gasteiger partial charge in [0.2, 0.25) is 5.95 Å². The van der Waals surface area contributed by atoms with E-state index in [-0.39, 0.29) is 30.1 Å². The molecule has 0 saturated carbocycles. The number of fused-ring (bicyclic) bond motifs is 4. The third kappa shape index (κ3) is 8.12. The Morgan fingerprint density at radius 2 is 1.81 bits per heavy atom. The molecule has 16 nitrogen and oxygen atoms in total. The third-order valence-electron chi connectivity index (χ3n) is 12.3. The molecule has 9 rings (SSSR count). The van der Waals surface area contributed by atoms with Crippen molar-refractivity contribution in [2.45, 2.75) is 108 Å². The molecule has 4 aromatic heterocycles. The van der Waals surface area contributed by atoms with Gasteiger partial charge in [-0.1, -0.05) is 45.0 Å². The average Bonchev–Trinajstić information content (AvgIpc) is 4.05. The molecule has 5 atom stereocenters. The van der Waals surface area contributed by atoms with Crippen molar-refractivity contribution in [2.75, 3.05) is 43.4 Å². The summed E-state index contributed by atoms with van der Waals surface area (Å²) in [5.74, 6) is 2.24. The number of anilines is 2. The number of pyridine rings is 1. The Bertz CT molecular complexity index is 2220. The molecule has 16 heteroatoms. The molecule has 308 valence electrons. The monoisotopic (exact) mass is 792 g/mol. The van der Waals surface area contributed by atoms with Crippen LogP contribution in [-0.2, 0) is 16.8 Å². The van der Waals surface area contributed by atoms with Crippen molar-refractivity contribution in [1.82, 2.24) is 49.3 Å². The van der Waals surface area contributed by atoms with Crippen LogP contribution in [0.5, 0.6) is 5.75 Å². The Labute approximate surface area is 339 Å². The van der Waals surface area contributed by atoms with Crippen LogP contribution in [0.4, 0.5) is 16.6 Å². The molecule has 1 aliphatic carbocycles. The van der Waals surface area contributed by atoms with Gasteiger partial charge in [-0.05, 0) is 75.8 Å². The smallest absolute Gasteiger partial charge is 0.320 e. The number of nitrogens with one attached hydrogen (secondary N) is 2. The molecule has 0 spiro atoms. The number of ether oxygens (including phenoxy) is 1. The third-order valence-corrected chi connectivity index (χ3v) is 12.3. The molecule has 5 unspecified atom stereocenters. The molecule has 3 fully saturated rings. The highest BCUT2D eigenvalue weighted by Gasteiger charge is 2.41. The van der Waals surface area contributed by atoms with E-state index < -0.39 is 0 Å². The Morgan fingerprint density at radius 3 is 2.55 bits per heavy atom. The number of piperazine rings is 1. The van der Waals surface area contributed by atoms with Gasteiger partial charge in [0.25, 0.3) is 6.47 Å². The summed E-state index contributed by atoms with van der Waals surface area (Å²) >= 11 is 0. The Kier molecular flexibility index (Phi) is 11.1. The number of aromatic nitrogens is 7. The van der Waals surface area contributed by atoms with Crippen LogP contribution in [0.2, 0.25) is 0 Å². The predicted molar refractivity (Wildman–Crippen MR) is 221 cm³/mol. The van der Waals surface area contributed by atoms with Crippen molar-refractivity contribution >= 4 is 29.9 Å². The van der Waals surface area contributed by atoms with Crippen LogP contribution < -0.4 is 20.3 Å². The van der Waals surface area contributed by atoms with E-state index in [0.29, 0.717) is 23.9 Å². The van der Waals surface area contributed by atoms with Gasteiger partial charge < -0.3 is 25.0 Å². The van der Waals surface area contributed by atoms with Crippen LogP contribution in [-0.4, -0.2) is 113 Å². The van der Waals surface area contributed by atoms with Crippen molar-refractivity contribution in [1.29, 1.82) is 0 Å². The maximum absolute atomic E-state index is 13.8. The minimum Gasteiger partial charge on any atom is -0.484 e. The molecule has 7 heterocycles. The van der Waals surface area contributed by atoms with Crippen LogP contribution >= 0.6 is 0 Å². The van der Waals surface area contributed by atoms with Gasteiger partial charge in [0.1, 0.15) is 23.4 Å². The van der Waals surface area contributed by atoms with Crippen molar-refractivity contribution in [3.63, 3.8) is 0 Å². The predicted octanol–water partition coefficient (Wildman–Crippen LogP) is 5.65. The first-order valence-corrected chi connectivity index (χ1v) is 20.6. The quantitative estimate of drug-likeness (QED) is 0.158. The van der Waals surface area contributed by atoms with Gasteiger partial charge in [0, 0.05) is 55.8 Å². The summed E-state index contributed by atoms with van der Waals surface area (Å²) in [6, 6.07) is 15.5. The van der Waals surface area contributed by atoms with Crippen molar-refractivity contribution in [3.05, 3.63) is 77.9 Å². The van der Waals surface area contributed by atoms with Crippen LogP contribution in [0, 0.1) is 0 Å². The number of hydrogen-bond acceptors (Lipinski definition) is 10. The van der Waals surface area contributed by atoms with Gasteiger partial charge in [0.15, 0.2) is 5.65 Å². The number of carboxylic acid groups (broad SMARTS) is 1. The van der Waals surface area contributed by atoms with E-state index in [0.717, 1.165) is 98.3 Å². The Balaban J connectivity index is 0.00000152. The first-order valence-electron chi connectivity index (χ1n) is 20.6. The minimum absolute atomic E-state index is 0.155. The Morgan fingerprint density at radius 1 is 1.00 bits per heavy atom. The fourth-order valence-electron chi connectivity index (χ4n) is 9.09. The summed E-state index contributed by atoms with van der Waals surface area (Å²) < 4.78 is 12.5. The second-order valence-corrected chi connectivity index (χ2v) is 17.2. The number of piperidine rings is 1. The summed E-state index contributed by atoms with van der Waals surface area (Å²) in [5, 5.41) is 31.9. The zero-order valence-electron chi connectivity index (χ0n) is 34.2. The lowest BCUT2D eigenvalue weighted by atomic mass is 9.85. The zero-order chi connectivity index (χ0) is 40.6. The molecule has 3 saturated heterocycles. The molecular formula is C42H56N12O4. The number of benzene rings is 1. The fourth-order valence-corrected chi connectivity index (χ4v) is 9.09. The number of carbonyl (C=O) groups is 2. The Hall–Kier alpha value is -5.48. The molecule has 3 N–H and O–H groups in total. The highest BCUT2D eigenvalue weighted by atomic mass is 16.5. The fraction of sp³-hybridized carbons (Fsp3) is 0.524. The molecular weight excluding hydrogens is 737 g/mol. The van der Waals surface area contributed by atoms with E-state index in [2.05, 4.69) is 91.9 Å². The van der Waals surface area contributed by atoms with Crippen LogP contribution in [0.15, 0.2) is 61.1 Å². The molecule has 4 aliphatic rings. The number of carbonyl (C=O) groups excluding carboxylic acids is 1. The second-order valence-electron chi connectivity index (χ2n) is 17.2. The van der Waals surface area contributed by atoms with Gasteiger partial charge in [-0.3, -0.25) is 24.1 Å². The highest BCUT2D eigenvalue weighted by Crippen LogP contribution is 2.39. The lowest BCUT2D eigenvalue weighted by molar-refractivity contribution is -0.122. The number of likely N-dealkylation sites (N-methyl/N-ethyl adjacent to an activating group) is 1. The maximum Gasteiger partial charge on any atom is 0.320 e. The SMILES string of the molecule is CC1CCCCN1c1nnc2ccc(OC3CCC(NC(=O)Nc4cc(C(C)(C)C)nn4-c4cnn(CCN5CC6CC5CN6C)c4)c4ccccc43)cn12.O=CO. The van der Waals surface area contributed by atoms with Crippen molar-refractivity contribution in [2.24, 2.45) is 0 Å². The molecule has 2 bridgehead atoms. The number of hydrogen-bond donors (Lipinski definition) is 3. The number of urea groups is 1. The van der Waals surface area contributed by atoms with Crippen LogP contribution in [0.1, 0.15) is 95.2 Å². The van der Waals surface area contributed by atoms with E-state index in [4.69, 9.17) is 19.7 Å². The summed E-state index contributed by atoms with van der Waals surface area (Å²) in [6.45, 7) is 13.4. The zero-order valence-corrected chi connectivity index (χ0v) is 34.2. The molecule has 0 radical (unpaired) electrons. The van der Waals surface area contributed by atoms with E-state index >= 15 is 0 Å². The lowest BCUT2D eigenvalue weighted by Crippen LogP contribution is -2.45. The molecule has 5 aromatic rings. The molecule has 2 amide bonds. The van der Waals surface area contributed by atoms with Crippen LogP contribution in [0.3, 0.4) is 0 Å². The van der Waals surface area contributed by atoms with Gasteiger partial charge >= 0.3 is 6.03 Å². The van der Waals surface area contributed by atoms with Gasteiger partial charge in [-0.15, -0.1) is 10.2 Å². The summed E-state index contributed by atoms with van der Waals surface area (Å²) in [5.41, 5.74) is 4.44. The van der Waals surface area contributed by atoms with E-state index in [9.17, 15) is 4.79 Å². The van der Waals surface area contributed by atoms with Gasteiger partial charge in [-0.2, -0.15) is 10.2 Å². The average molecular weight is 793 g/mol. The first-order chi connectivity index (χ1) is 28.0. The van der Waals surface area contributed by atoms with Crippen molar-refractivity contribution < 1.29 is 19.4 Å². The number of rotatable bonds is 9. The summed E-state index contributed by atoms with van der Waals surface area (Å²) in [6.07, 6.45) is 12.0. The highest BCUT2D eigenvalue weighted by molar-refractivity contribution is 5.89. The van der Waals surface area contributed by atoms with E-state index in [1.807, 2.05) is 53.6 Å². The summed E-state index contributed by atoms with van der Waals surface area (Å²) in [7, 11) is 2.23. The van der Waals surface area contributed by atoms with E-state index in [1.54, 1.807) is 4.68 Å². The largest absolute Gasteiger partial charge is 0.484 e. The number of amides is 2. The molecule has 3 aliphatic heterocycles. The number of nitrogens with zero attached hydrogens (tertiary/aromatic N) is 10. The van der Waals surface area contributed by atoms with Crippen LogP contribution in [0.25, 0.3) is 11.3 Å². The number of likely N-dealkylation sites (tertiary alicyclic amines) is 2. The summed E-state index contributed by atoms with van der Waals surface area (Å²) in [4.78, 5) is 29.6. The molecule has 1 aromatic carbocycles. The lowest BCUT2D eigenvalue weighted by Gasteiger charge is -2.33. The van der Waals surface area contributed by atoms with E-state index in [1.165, 1.54) is 12.8 Å². The van der Waals surface area contributed by atoms with Gasteiger partial charge in [0.05, 0.1) is 36.9 Å². The minimum atomic E-state index is -0.278. The van der Waals surface area contributed by atoms with Gasteiger partial charge in [-0.25, -0.2) is 9.48 Å². The normalized spacial score (nSPS) is 23.3. The maximum atomic E-state index is 13.8. The first kappa shape index (κ1) is 39.4.